The molecule has 2 rings (SSSR count). The van der Waals surface area contributed by atoms with E-state index in [1.54, 1.807) is 7.11 Å². The summed E-state index contributed by atoms with van der Waals surface area (Å²) in [6, 6.07) is 0. The number of nitrogens with one attached hydrogen (secondary N) is 1. The molecule has 1 aromatic rings. The fraction of sp³-hybridized carbons (Fsp3) is 0.444. The Labute approximate surface area is 71.8 Å². The van der Waals surface area contributed by atoms with Gasteiger partial charge in [0.15, 0.2) is 0 Å². The van der Waals surface area contributed by atoms with E-state index in [4.69, 9.17) is 4.74 Å². The van der Waals surface area contributed by atoms with Crippen molar-refractivity contribution < 1.29 is 4.74 Å². The molecule has 3 nitrogen and oxygen atoms in total. The summed E-state index contributed by atoms with van der Waals surface area (Å²) < 4.78 is 5.29. The zero-order valence-electron chi connectivity index (χ0n) is 7.35. The number of rotatable bonds is 1. The van der Waals surface area contributed by atoms with E-state index in [0.29, 0.717) is 0 Å². The maximum absolute atomic E-state index is 5.29. The summed E-state index contributed by atoms with van der Waals surface area (Å²) in [5, 5.41) is 3.27. The highest BCUT2D eigenvalue weighted by molar-refractivity contribution is 5.65. The first-order chi connectivity index (χ1) is 5.83. The van der Waals surface area contributed by atoms with Crippen molar-refractivity contribution in [2.45, 2.75) is 13.3 Å². The standard InChI is InChI=1S/C9H12N2O/c1-6-5-11-7-3-4-10-8(7)9(6)12-2/h5,10H,3-4H2,1-2H3. The number of nitrogens with zero attached hydrogens (tertiary/aromatic N) is 1. The highest BCUT2D eigenvalue weighted by atomic mass is 16.5. The van der Waals surface area contributed by atoms with Gasteiger partial charge in [-0.2, -0.15) is 0 Å². The van der Waals surface area contributed by atoms with E-state index in [9.17, 15) is 0 Å². The molecule has 1 N–H and O–H groups in total. The molecule has 0 fully saturated rings. The minimum Gasteiger partial charge on any atom is -0.494 e. The van der Waals surface area contributed by atoms with Gasteiger partial charge in [-0.1, -0.05) is 0 Å². The quantitative estimate of drug-likeness (QED) is 0.680. The predicted octanol–water partition coefficient (Wildman–Crippen LogP) is 1.37. The number of ether oxygens (including phenoxy) is 1. The van der Waals surface area contributed by atoms with Crippen LogP contribution in [0.5, 0.6) is 5.75 Å². The number of aromatic nitrogens is 1. The molecule has 0 amide bonds. The van der Waals surface area contributed by atoms with Crippen LogP contribution in [0.2, 0.25) is 0 Å². The van der Waals surface area contributed by atoms with E-state index in [0.717, 1.165) is 35.7 Å². The Hall–Kier alpha value is -1.25. The number of hydrogen-bond donors (Lipinski definition) is 1. The molecule has 0 radical (unpaired) electrons. The number of pyridine rings is 1. The van der Waals surface area contributed by atoms with E-state index in [-0.39, 0.29) is 0 Å². The van der Waals surface area contributed by atoms with Crippen LogP contribution < -0.4 is 10.1 Å². The van der Waals surface area contributed by atoms with Crippen LogP contribution in [0.1, 0.15) is 11.3 Å². The molecule has 0 aliphatic carbocycles. The van der Waals surface area contributed by atoms with Crippen LogP contribution in [-0.2, 0) is 6.42 Å². The van der Waals surface area contributed by atoms with Crippen molar-refractivity contribution in [1.82, 2.24) is 4.98 Å². The van der Waals surface area contributed by atoms with Gasteiger partial charge in [0.05, 0.1) is 18.5 Å². The zero-order valence-corrected chi connectivity index (χ0v) is 7.35. The van der Waals surface area contributed by atoms with Gasteiger partial charge >= 0.3 is 0 Å². The topological polar surface area (TPSA) is 34.1 Å². The summed E-state index contributed by atoms with van der Waals surface area (Å²) in [7, 11) is 1.70. The Balaban J connectivity index is 2.57. The molecule has 12 heavy (non-hydrogen) atoms. The molecule has 0 saturated carbocycles. The monoisotopic (exact) mass is 164 g/mol. The smallest absolute Gasteiger partial charge is 0.148 e. The van der Waals surface area contributed by atoms with E-state index >= 15 is 0 Å². The second kappa shape index (κ2) is 2.66. The minimum absolute atomic E-state index is 0.942. The SMILES string of the molecule is COc1c(C)cnc2c1NCC2. The molecule has 1 aliphatic heterocycles. The maximum Gasteiger partial charge on any atom is 0.148 e. The summed E-state index contributed by atoms with van der Waals surface area (Å²) in [5.41, 5.74) is 3.29. The minimum atomic E-state index is 0.942. The Morgan fingerprint density at radius 1 is 1.58 bits per heavy atom. The van der Waals surface area contributed by atoms with Gasteiger partial charge in [-0.15, -0.1) is 0 Å². The van der Waals surface area contributed by atoms with E-state index in [2.05, 4.69) is 10.3 Å². The molecular weight excluding hydrogens is 152 g/mol. The highest BCUT2D eigenvalue weighted by Crippen LogP contribution is 2.33. The number of anilines is 1. The lowest BCUT2D eigenvalue weighted by Crippen LogP contribution is -1.96. The van der Waals surface area contributed by atoms with Crippen molar-refractivity contribution in [3.8, 4) is 5.75 Å². The third kappa shape index (κ3) is 0.932. The summed E-state index contributed by atoms with van der Waals surface area (Å²) in [4.78, 5) is 4.32. The average molecular weight is 164 g/mol. The first-order valence-corrected chi connectivity index (χ1v) is 4.09. The van der Waals surface area contributed by atoms with Crippen LogP contribution in [-0.4, -0.2) is 18.6 Å². The van der Waals surface area contributed by atoms with Crippen LogP contribution in [0.4, 0.5) is 5.69 Å². The Bertz CT molecular complexity index is 310. The number of hydrogen-bond acceptors (Lipinski definition) is 3. The van der Waals surface area contributed by atoms with Gasteiger partial charge in [0.1, 0.15) is 5.75 Å². The number of methoxy groups -OCH3 is 1. The van der Waals surface area contributed by atoms with E-state index in [1.807, 2.05) is 13.1 Å². The Morgan fingerprint density at radius 2 is 2.42 bits per heavy atom. The van der Waals surface area contributed by atoms with Crippen LogP contribution in [0.25, 0.3) is 0 Å². The molecule has 1 aromatic heterocycles. The predicted molar refractivity (Wildman–Crippen MR) is 47.7 cm³/mol. The first kappa shape index (κ1) is 7.40. The normalized spacial score (nSPS) is 13.8. The van der Waals surface area contributed by atoms with Gasteiger partial charge in [-0.05, 0) is 6.92 Å². The first-order valence-electron chi connectivity index (χ1n) is 4.09. The second-order valence-electron chi connectivity index (χ2n) is 2.97. The highest BCUT2D eigenvalue weighted by Gasteiger charge is 2.17. The second-order valence-corrected chi connectivity index (χ2v) is 2.97. The fourth-order valence-corrected chi connectivity index (χ4v) is 1.57. The molecule has 3 heteroatoms. The van der Waals surface area contributed by atoms with Crippen molar-refractivity contribution >= 4 is 5.69 Å². The van der Waals surface area contributed by atoms with E-state index in [1.165, 1.54) is 0 Å². The fourth-order valence-electron chi connectivity index (χ4n) is 1.57. The number of fused-ring (bicyclic) bond motifs is 1. The summed E-state index contributed by atoms with van der Waals surface area (Å²) >= 11 is 0. The Kier molecular flexibility index (Phi) is 1.64. The van der Waals surface area contributed by atoms with Gasteiger partial charge in [0.25, 0.3) is 0 Å². The lowest BCUT2D eigenvalue weighted by Gasteiger charge is -2.09. The van der Waals surface area contributed by atoms with Gasteiger partial charge in [-0.25, -0.2) is 0 Å². The van der Waals surface area contributed by atoms with Crippen molar-refractivity contribution in [3.63, 3.8) is 0 Å². The largest absolute Gasteiger partial charge is 0.494 e. The molecule has 0 saturated heterocycles. The zero-order chi connectivity index (χ0) is 8.55. The third-order valence-corrected chi connectivity index (χ3v) is 2.16. The third-order valence-electron chi connectivity index (χ3n) is 2.16. The molecule has 0 unspecified atom stereocenters. The molecule has 0 atom stereocenters. The van der Waals surface area contributed by atoms with Gasteiger partial charge in [0, 0.05) is 24.7 Å². The van der Waals surface area contributed by atoms with E-state index < -0.39 is 0 Å². The lowest BCUT2D eigenvalue weighted by molar-refractivity contribution is 0.413. The van der Waals surface area contributed by atoms with Crippen LogP contribution in [0.15, 0.2) is 6.20 Å². The molecule has 0 spiro atoms. The van der Waals surface area contributed by atoms with Crippen molar-refractivity contribution in [2.75, 3.05) is 19.0 Å². The van der Waals surface area contributed by atoms with Crippen LogP contribution >= 0.6 is 0 Å². The van der Waals surface area contributed by atoms with Gasteiger partial charge in [0.2, 0.25) is 0 Å². The van der Waals surface area contributed by atoms with Crippen LogP contribution in [0, 0.1) is 6.92 Å². The molecule has 1 aliphatic rings. The van der Waals surface area contributed by atoms with Gasteiger partial charge in [-0.3, -0.25) is 4.98 Å². The van der Waals surface area contributed by atoms with Crippen LogP contribution in [0.3, 0.4) is 0 Å². The Morgan fingerprint density at radius 3 is 3.17 bits per heavy atom. The van der Waals surface area contributed by atoms with Crippen molar-refractivity contribution in [1.29, 1.82) is 0 Å². The van der Waals surface area contributed by atoms with Crippen molar-refractivity contribution in [3.05, 3.63) is 17.5 Å². The molecule has 0 bridgehead atoms. The molecule has 64 valence electrons. The summed E-state index contributed by atoms with van der Waals surface area (Å²) in [6.45, 7) is 2.98. The summed E-state index contributed by atoms with van der Waals surface area (Å²) in [6.07, 6.45) is 2.87. The van der Waals surface area contributed by atoms with Crippen molar-refractivity contribution in [2.24, 2.45) is 0 Å². The molecule has 0 aromatic carbocycles. The number of aryl methyl sites for hydroxylation is 1. The summed E-state index contributed by atoms with van der Waals surface area (Å²) in [5.74, 6) is 0.942. The maximum atomic E-state index is 5.29. The average Bonchev–Trinajstić information content (AvgIpc) is 2.52. The lowest BCUT2D eigenvalue weighted by atomic mass is 10.2. The van der Waals surface area contributed by atoms with Gasteiger partial charge < -0.3 is 10.1 Å². The molecule has 2 heterocycles. The molecular formula is C9H12N2O.